The molecule has 1 aliphatic carbocycles. The van der Waals surface area contributed by atoms with Gasteiger partial charge >= 0.3 is 0 Å². The molecule has 0 radical (unpaired) electrons. The van der Waals surface area contributed by atoms with Gasteiger partial charge in [-0.3, -0.25) is 0 Å². The van der Waals surface area contributed by atoms with Crippen LogP contribution in [0, 0.1) is 11.7 Å². The first-order valence-electron chi connectivity index (χ1n) is 8.97. The molecule has 0 aliphatic heterocycles. The fourth-order valence-electron chi connectivity index (χ4n) is 3.64. The van der Waals surface area contributed by atoms with Gasteiger partial charge in [0.25, 0.3) is 0 Å². The van der Waals surface area contributed by atoms with Gasteiger partial charge in [0.15, 0.2) is 5.82 Å². The van der Waals surface area contributed by atoms with E-state index in [1.54, 1.807) is 12.1 Å². The number of rotatable bonds is 5. The van der Waals surface area contributed by atoms with E-state index in [9.17, 15) is 4.39 Å². The maximum Gasteiger partial charge on any atom is 0.153 e. The molecular weight excluding hydrogens is 335 g/mol. The molecule has 0 heterocycles. The Morgan fingerprint density at radius 2 is 1.80 bits per heavy atom. The summed E-state index contributed by atoms with van der Waals surface area (Å²) in [6, 6.07) is 11.7. The van der Waals surface area contributed by atoms with E-state index in [1.165, 1.54) is 31.2 Å². The summed E-state index contributed by atoms with van der Waals surface area (Å²) in [6.07, 6.45) is 6.88. The Labute approximate surface area is 154 Å². The summed E-state index contributed by atoms with van der Waals surface area (Å²) in [7, 11) is 0. The molecule has 1 nitrogen and oxygen atoms in total. The highest BCUT2D eigenvalue weighted by Crippen LogP contribution is 2.38. The number of hydrogen-bond donors (Lipinski definition) is 0. The third kappa shape index (κ3) is 3.90. The topological polar surface area (TPSA) is 9.23 Å². The zero-order valence-electron chi connectivity index (χ0n) is 14.6. The predicted molar refractivity (Wildman–Crippen MR) is 103 cm³/mol. The molecule has 2 aromatic rings. The van der Waals surface area contributed by atoms with Crippen LogP contribution in [0.4, 0.5) is 4.39 Å². The molecule has 0 saturated heterocycles. The zero-order valence-corrected chi connectivity index (χ0v) is 15.4. The molecule has 132 valence electrons. The molecule has 0 bridgehead atoms. The number of halogens is 2. The van der Waals surface area contributed by atoms with E-state index in [-0.39, 0.29) is 5.02 Å². The van der Waals surface area contributed by atoms with Crippen molar-refractivity contribution >= 4 is 11.6 Å². The lowest BCUT2D eigenvalue weighted by molar-refractivity contribution is 0.338. The monoisotopic (exact) mass is 358 g/mol. The Kier molecular flexibility index (Phi) is 5.80. The summed E-state index contributed by atoms with van der Waals surface area (Å²) >= 11 is 6.10. The molecular formula is C22H24ClFO. The molecule has 0 N–H and O–H groups in total. The van der Waals surface area contributed by atoms with Crippen molar-refractivity contribution in [2.75, 3.05) is 6.61 Å². The maximum atomic E-state index is 14.6. The van der Waals surface area contributed by atoms with Gasteiger partial charge in [-0.15, -0.1) is 6.58 Å². The van der Waals surface area contributed by atoms with Crippen LogP contribution >= 0.6 is 11.6 Å². The summed E-state index contributed by atoms with van der Waals surface area (Å²) in [5, 5.41) is 0.0474. The van der Waals surface area contributed by atoms with Crippen LogP contribution in [0.25, 0.3) is 11.1 Å². The Morgan fingerprint density at radius 3 is 2.40 bits per heavy atom. The van der Waals surface area contributed by atoms with Crippen molar-refractivity contribution in [3.63, 3.8) is 0 Å². The predicted octanol–water partition coefficient (Wildman–Crippen LogP) is 7.00. The number of allylic oxidation sites excluding steroid dienone is 1. The third-order valence-corrected chi connectivity index (χ3v) is 5.50. The molecule has 3 rings (SSSR count). The highest BCUT2D eigenvalue weighted by molar-refractivity contribution is 6.32. The van der Waals surface area contributed by atoms with Gasteiger partial charge in [0.1, 0.15) is 10.8 Å². The zero-order chi connectivity index (χ0) is 17.8. The van der Waals surface area contributed by atoms with E-state index in [0.29, 0.717) is 29.8 Å². The fraction of sp³-hybridized carbons (Fsp3) is 0.364. The summed E-state index contributed by atoms with van der Waals surface area (Å²) < 4.78 is 19.9. The van der Waals surface area contributed by atoms with E-state index in [4.69, 9.17) is 16.3 Å². The van der Waals surface area contributed by atoms with Crippen molar-refractivity contribution < 1.29 is 9.13 Å². The second kappa shape index (κ2) is 8.05. The average Bonchev–Trinajstić information content (AvgIpc) is 2.66. The van der Waals surface area contributed by atoms with E-state index < -0.39 is 5.82 Å². The second-order valence-corrected chi connectivity index (χ2v) is 7.02. The van der Waals surface area contributed by atoms with Crippen LogP contribution in [-0.2, 0) is 0 Å². The van der Waals surface area contributed by atoms with Crippen LogP contribution in [0.1, 0.15) is 44.1 Å². The third-order valence-electron chi connectivity index (χ3n) is 5.14. The molecule has 0 atom stereocenters. The molecule has 0 spiro atoms. The normalized spacial score (nSPS) is 20.3. The van der Waals surface area contributed by atoms with Crippen LogP contribution in [0.3, 0.4) is 0 Å². The molecule has 0 unspecified atom stereocenters. The van der Waals surface area contributed by atoms with E-state index in [1.807, 2.05) is 19.1 Å². The summed E-state index contributed by atoms with van der Waals surface area (Å²) in [6.45, 7) is 6.22. The lowest BCUT2D eigenvalue weighted by Crippen LogP contribution is -2.11. The highest BCUT2D eigenvalue weighted by atomic mass is 35.5. The number of ether oxygens (including phenoxy) is 1. The van der Waals surface area contributed by atoms with Crippen molar-refractivity contribution in [2.45, 2.75) is 38.5 Å². The van der Waals surface area contributed by atoms with Gasteiger partial charge in [-0.2, -0.15) is 0 Å². The Bertz CT molecular complexity index is 730. The first-order chi connectivity index (χ1) is 12.1. The first kappa shape index (κ1) is 18.0. The van der Waals surface area contributed by atoms with Gasteiger partial charge < -0.3 is 4.74 Å². The van der Waals surface area contributed by atoms with Gasteiger partial charge in [-0.25, -0.2) is 4.39 Å². The Hall–Kier alpha value is -1.80. The molecule has 25 heavy (non-hydrogen) atoms. The Morgan fingerprint density at radius 1 is 1.12 bits per heavy atom. The maximum absolute atomic E-state index is 14.6. The van der Waals surface area contributed by atoms with Gasteiger partial charge in [0.05, 0.1) is 6.61 Å². The minimum Gasteiger partial charge on any atom is -0.492 e. The molecule has 3 heteroatoms. The van der Waals surface area contributed by atoms with Gasteiger partial charge in [0.2, 0.25) is 0 Å². The smallest absolute Gasteiger partial charge is 0.153 e. The van der Waals surface area contributed by atoms with Crippen molar-refractivity contribution in [2.24, 2.45) is 5.92 Å². The van der Waals surface area contributed by atoms with Crippen LogP contribution in [-0.4, -0.2) is 6.61 Å². The number of benzene rings is 2. The van der Waals surface area contributed by atoms with Crippen LogP contribution in [0.5, 0.6) is 5.75 Å². The van der Waals surface area contributed by atoms with Crippen molar-refractivity contribution in [1.82, 2.24) is 0 Å². The largest absolute Gasteiger partial charge is 0.492 e. The molecule has 2 aromatic carbocycles. The standard InChI is InChI=1S/C22H24ClFO/c1-3-15-5-7-16(8-6-15)17-9-11-18(12-10-17)19-13-14-20(25-4-2)21(23)22(19)24/h3,9-16H,1,4-8H2,2H3. The molecule has 0 aromatic heterocycles. The summed E-state index contributed by atoms with van der Waals surface area (Å²) in [4.78, 5) is 0. The van der Waals surface area contributed by atoms with E-state index in [0.717, 1.165) is 5.56 Å². The van der Waals surface area contributed by atoms with Gasteiger partial charge in [0, 0.05) is 5.56 Å². The molecule has 1 saturated carbocycles. The SMILES string of the molecule is C=CC1CCC(c2ccc(-c3ccc(OCC)c(Cl)c3F)cc2)CC1. The quantitative estimate of drug-likeness (QED) is 0.522. The van der Waals surface area contributed by atoms with E-state index >= 15 is 0 Å². The first-order valence-corrected chi connectivity index (χ1v) is 9.35. The van der Waals surface area contributed by atoms with Gasteiger partial charge in [-0.1, -0.05) is 41.9 Å². The lowest BCUT2D eigenvalue weighted by atomic mass is 9.78. The Balaban J connectivity index is 1.79. The second-order valence-electron chi connectivity index (χ2n) is 6.64. The van der Waals surface area contributed by atoms with Crippen molar-refractivity contribution in [3.8, 4) is 16.9 Å². The van der Waals surface area contributed by atoms with Crippen LogP contribution < -0.4 is 4.74 Å². The van der Waals surface area contributed by atoms with Crippen LogP contribution in [0.2, 0.25) is 5.02 Å². The number of hydrogen-bond acceptors (Lipinski definition) is 1. The molecule has 0 amide bonds. The van der Waals surface area contributed by atoms with Crippen molar-refractivity contribution in [1.29, 1.82) is 0 Å². The fourth-order valence-corrected chi connectivity index (χ4v) is 3.86. The van der Waals surface area contributed by atoms with Gasteiger partial charge in [-0.05, 0) is 67.7 Å². The van der Waals surface area contributed by atoms with E-state index in [2.05, 4.69) is 24.8 Å². The van der Waals surface area contributed by atoms with Crippen LogP contribution in [0.15, 0.2) is 49.1 Å². The van der Waals surface area contributed by atoms with Crippen molar-refractivity contribution in [3.05, 3.63) is 65.5 Å². The summed E-state index contributed by atoms with van der Waals surface area (Å²) in [5.74, 6) is 1.22. The minimum absolute atomic E-state index is 0.0474. The minimum atomic E-state index is -0.424. The highest BCUT2D eigenvalue weighted by Gasteiger charge is 2.21. The summed E-state index contributed by atoms with van der Waals surface area (Å²) in [5.41, 5.74) is 2.69. The molecule has 1 aliphatic rings. The lowest BCUT2D eigenvalue weighted by Gasteiger charge is -2.27. The average molecular weight is 359 g/mol. The molecule has 1 fully saturated rings.